The third-order valence-corrected chi connectivity index (χ3v) is 2.85. The fourth-order valence-electron chi connectivity index (χ4n) is 1.77. The Labute approximate surface area is 107 Å². The summed E-state index contributed by atoms with van der Waals surface area (Å²) >= 11 is 0. The van der Waals surface area contributed by atoms with E-state index in [0.29, 0.717) is 18.6 Å². The first-order chi connectivity index (χ1) is 8.67. The normalized spacial score (nSPS) is 12.7. The smallest absolute Gasteiger partial charge is 0.129 e. The molecule has 0 saturated heterocycles. The van der Waals surface area contributed by atoms with Crippen molar-refractivity contribution in [1.82, 2.24) is 5.32 Å². The van der Waals surface area contributed by atoms with Crippen LogP contribution in [-0.2, 0) is 11.2 Å². The number of hydrogen-bond donors (Lipinski definition) is 1. The van der Waals surface area contributed by atoms with Gasteiger partial charge < -0.3 is 10.1 Å². The molecule has 0 heterocycles. The standard InChI is InChI=1S/C14H21F2NO/c1-3-7-18-8-6-13(17-2)9-11-4-5-12(15)10-14(11)16/h4-5,10,13,17H,3,6-9H2,1-2H3. The number of nitrogens with one attached hydrogen (secondary N) is 1. The molecule has 0 saturated carbocycles. The van der Waals surface area contributed by atoms with Crippen LogP contribution in [0.4, 0.5) is 8.78 Å². The van der Waals surface area contributed by atoms with Crippen molar-refractivity contribution in [2.75, 3.05) is 20.3 Å². The van der Waals surface area contributed by atoms with Crippen LogP contribution in [0.5, 0.6) is 0 Å². The summed E-state index contributed by atoms with van der Waals surface area (Å²) in [5.74, 6) is -1.02. The molecule has 4 heteroatoms. The lowest BCUT2D eigenvalue weighted by atomic mass is 10.0. The fraction of sp³-hybridized carbons (Fsp3) is 0.571. The van der Waals surface area contributed by atoms with E-state index in [1.54, 1.807) is 0 Å². The molecule has 0 aromatic heterocycles. The minimum absolute atomic E-state index is 0.141. The molecule has 0 fully saturated rings. The molecule has 0 amide bonds. The molecular formula is C14H21F2NO. The Balaban J connectivity index is 2.46. The number of ether oxygens (including phenoxy) is 1. The van der Waals surface area contributed by atoms with Crippen molar-refractivity contribution in [3.05, 3.63) is 35.4 Å². The van der Waals surface area contributed by atoms with E-state index >= 15 is 0 Å². The van der Waals surface area contributed by atoms with Crippen LogP contribution in [0.15, 0.2) is 18.2 Å². The molecule has 1 atom stereocenters. The second-order valence-corrected chi connectivity index (χ2v) is 4.33. The average Bonchev–Trinajstić information content (AvgIpc) is 2.35. The fourth-order valence-corrected chi connectivity index (χ4v) is 1.77. The van der Waals surface area contributed by atoms with Crippen LogP contribution in [0.1, 0.15) is 25.3 Å². The maximum atomic E-state index is 13.5. The van der Waals surface area contributed by atoms with Gasteiger partial charge in [0.2, 0.25) is 0 Å². The van der Waals surface area contributed by atoms with Gasteiger partial charge in [0.05, 0.1) is 0 Å². The maximum Gasteiger partial charge on any atom is 0.129 e. The van der Waals surface area contributed by atoms with E-state index in [0.717, 1.165) is 25.5 Å². The first-order valence-electron chi connectivity index (χ1n) is 6.36. The molecule has 1 aromatic rings. The van der Waals surface area contributed by atoms with Crippen LogP contribution in [-0.4, -0.2) is 26.3 Å². The summed E-state index contributed by atoms with van der Waals surface area (Å²) < 4.78 is 31.7. The Bertz CT molecular complexity index is 358. The molecule has 0 bridgehead atoms. The first-order valence-corrected chi connectivity index (χ1v) is 6.36. The highest BCUT2D eigenvalue weighted by Crippen LogP contribution is 2.13. The Kier molecular flexibility index (Phi) is 6.83. The summed E-state index contributed by atoms with van der Waals surface area (Å²) in [6.45, 7) is 3.47. The largest absolute Gasteiger partial charge is 0.381 e. The Morgan fingerprint density at radius 2 is 2.06 bits per heavy atom. The van der Waals surface area contributed by atoms with E-state index in [1.807, 2.05) is 7.05 Å². The van der Waals surface area contributed by atoms with E-state index in [1.165, 1.54) is 12.1 Å². The molecule has 0 aliphatic rings. The highest BCUT2D eigenvalue weighted by Gasteiger charge is 2.11. The Morgan fingerprint density at radius 3 is 2.67 bits per heavy atom. The van der Waals surface area contributed by atoms with Gasteiger partial charge >= 0.3 is 0 Å². The first kappa shape index (κ1) is 15.1. The summed E-state index contributed by atoms with van der Waals surface area (Å²) in [5.41, 5.74) is 0.534. The monoisotopic (exact) mass is 257 g/mol. The zero-order chi connectivity index (χ0) is 13.4. The van der Waals surface area contributed by atoms with Crippen LogP contribution < -0.4 is 5.32 Å². The van der Waals surface area contributed by atoms with Crippen molar-refractivity contribution in [3.8, 4) is 0 Å². The van der Waals surface area contributed by atoms with Crippen LogP contribution in [0.2, 0.25) is 0 Å². The van der Waals surface area contributed by atoms with E-state index in [2.05, 4.69) is 12.2 Å². The SMILES string of the molecule is CCCOCCC(Cc1ccc(F)cc1F)NC. The van der Waals surface area contributed by atoms with Crippen LogP contribution >= 0.6 is 0 Å². The van der Waals surface area contributed by atoms with Crippen LogP contribution in [0.3, 0.4) is 0 Å². The molecule has 0 radical (unpaired) electrons. The van der Waals surface area contributed by atoms with Crippen molar-refractivity contribution in [1.29, 1.82) is 0 Å². The summed E-state index contributed by atoms with van der Waals surface area (Å²) in [6.07, 6.45) is 2.35. The topological polar surface area (TPSA) is 21.3 Å². The van der Waals surface area contributed by atoms with Crippen LogP contribution in [0.25, 0.3) is 0 Å². The molecule has 1 rings (SSSR count). The minimum Gasteiger partial charge on any atom is -0.381 e. The van der Waals surface area contributed by atoms with Crippen molar-refractivity contribution in [2.45, 2.75) is 32.2 Å². The maximum absolute atomic E-state index is 13.5. The zero-order valence-electron chi connectivity index (χ0n) is 11.0. The summed E-state index contributed by atoms with van der Waals surface area (Å²) in [4.78, 5) is 0. The van der Waals surface area contributed by atoms with Crippen LogP contribution in [0, 0.1) is 11.6 Å². The van der Waals surface area contributed by atoms with Crippen molar-refractivity contribution >= 4 is 0 Å². The molecule has 2 nitrogen and oxygen atoms in total. The van der Waals surface area contributed by atoms with Gasteiger partial charge in [0.15, 0.2) is 0 Å². The average molecular weight is 257 g/mol. The van der Waals surface area contributed by atoms with Gasteiger partial charge in [0.1, 0.15) is 11.6 Å². The Morgan fingerprint density at radius 1 is 1.28 bits per heavy atom. The predicted octanol–water partition coefficient (Wildman–Crippen LogP) is 2.91. The van der Waals surface area contributed by atoms with Gasteiger partial charge in [-0.1, -0.05) is 13.0 Å². The van der Waals surface area contributed by atoms with E-state index in [4.69, 9.17) is 4.74 Å². The number of hydrogen-bond acceptors (Lipinski definition) is 2. The molecule has 1 N–H and O–H groups in total. The van der Waals surface area contributed by atoms with Gasteiger partial charge in [-0.25, -0.2) is 8.78 Å². The third-order valence-electron chi connectivity index (χ3n) is 2.85. The lowest BCUT2D eigenvalue weighted by molar-refractivity contribution is 0.125. The lowest BCUT2D eigenvalue weighted by Gasteiger charge is -2.16. The number of rotatable bonds is 8. The lowest BCUT2D eigenvalue weighted by Crippen LogP contribution is -2.29. The van der Waals surface area contributed by atoms with Gasteiger partial charge in [-0.3, -0.25) is 0 Å². The van der Waals surface area contributed by atoms with Gasteiger partial charge in [0.25, 0.3) is 0 Å². The summed E-state index contributed by atoms with van der Waals surface area (Å²) in [7, 11) is 1.84. The third kappa shape index (κ3) is 5.10. The Hall–Kier alpha value is -1.00. The van der Waals surface area contributed by atoms with Crippen molar-refractivity contribution < 1.29 is 13.5 Å². The highest BCUT2D eigenvalue weighted by molar-refractivity contribution is 5.19. The molecule has 18 heavy (non-hydrogen) atoms. The number of halogens is 2. The van der Waals surface area contributed by atoms with Gasteiger partial charge in [-0.05, 0) is 37.9 Å². The van der Waals surface area contributed by atoms with Crippen molar-refractivity contribution in [3.63, 3.8) is 0 Å². The number of likely N-dealkylation sites (N-methyl/N-ethyl adjacent to an activating group) is 1. The summed E-state index contributed by atoms with van der Waals surface area (Å²) in [6, 6.07) is 3.86. The van der Waals surface area contributed by atoms with Gasteiger partial charge in [-0.2, -0.15) is 0 Å². The molecule has 0 aliphatic heterocycles. The second kappa shape index (κ2) is 8.16. The number of benzene rings is 1. The quantitative estimate of drug-likeness (QED) is 0.723. The second-order valence-electron chi connectivity index (χ2n) is 4.33. The molecule has 102 valence electrons. The van der Waals surface area contributed by atoms with Gasteiger partial charge in [0, 0.05) is 25.3 Å². The summed E-state index contributed by atoms with van der Waals surface area (Å²) in [5, 5.41) is 3.13. The van der Waals surface area contributed by atoms with Gasteiger partial charge in [-0.15, -0.1) is 0 Å². The van der Waals surface area contributed by atoms with Crippen molar-refractivity contribution in [2.24, 2.45) is 0 Å². The molecular weight excluding hydrogens is 236 g/mol. The minimum atomic E-state index is -0.538. The molecule has 0 aliphatic carbocycles. The molecule has 0 spiro atoms. The predicted molar refractivity (Wildman–Crippen MR) is 68.6 cm³/mol. The van der Waals surface area contributed by atoms with E-state index in [-0.39, 0.29) is 6.04 Å². The zero-order valence-corrected chi connectivity index (χ0v) is 11.0. The highest BCUT2D eigenvalue weighted by atomic mass is 19.1. The van der Waals surface area contributed by atoms with E-state index < -0.39 is 11.6 Å². The molecule has 1 aromatic carbocycles. The van der Waals surface area contributed by atoms with E-state index in [9.17, 15) is 8.78 Å². The molecule has 1 unspecified atom stereocenters.